The summed E-state index contributed by atoms with van der Waals surface area (Å²) in [6, 6.07) is 10.4. The molecule has 5 heteroatoms. The summed E-state index contributed by atoms with van der Waals surface area (Å²) < 4.78 is 10.2. The molecule has 0 bridgehead atoms. The fraction of sp³-hybridized carbons (Fsp3) is 0.143. The normalized spacial score (nSPS) is 10.0. The molecule has 0 N–H and O–H groups in total. The summed E-state index contributed by atoms with van der Waals surface area (Å²) >= 11 is 5.64. The van der Waals surface area contributed by atoms with E-state index in [-0.39, 0.29) is 6.61 Å². The minimum atomic E-state index is -0.431. The predicted molar refractivity (Wildman–Crippen MR) is 71.4 cm³/mol. The molecule has 1 aromatic heterocycles. The Morgan fingerprint density at radius 1 is 1.21 bits per heavy atom. The molecule has 0 fully saturated rings. The van der Waals surface area contributed by atoms with Gasteiger partial charge in [-0.1, -0.05) is 23.7 Å². The second-order valence-corrected chi connectivity index (χ2v) is 4.18. The second-order valence-electron chi connectivity index (χ2n) is 3.79. The molecular formula is C14H12ClNO3. The number of nitrogens with zero attached hydrogens (tertiary/aromatic N) is 1. The molecule has 4 nitrogen and oxygen atoms in total. The number of benzene rings is 1. The van der Waals surface area contributed by atoms with Gasteiger partial charge in [-0.3, -0.25) is 0 Å². The number of pyridine rings is 1. The molecule has 0 spiro atoms. The van der Waals surface area contributed by atoms with Crippen LogP contribution in [0.4, 0.5) is 0 Å². The van der Waals surface area contributed by atoms with E-state index in [4.69, 9.17) is 21.1 Å². The molecule has 0 atom stereocenters. The lowest BCUT2D eigenvalue weighted by molar-refractivity contribution is 0.0472. The quantitative estimate of drug-likeness (QED) is 0.636. The van der Waals surface area contributed by atoms with E-state index in [2.05, 4.69) is 4.98 Å². The van der Waals surface area contributed by atoms with Crippen LogP contribution in [-0.2, 0) is 11.3 Å². The molecule has 19 heavy (non-hydrogen) atoms. The van der Waals surface area contributed by atoms with Crippen LogP contribution in [0.1, 0.15) is 15.9 Å². The standard InChI is InChI=1S/C14H12ClNO3/c1-18-12-5-2-10(3-6-12)9-19-14(17)11-4-7-13(15)16-8-11/h2-8H,9H2,1H3. The Morgan fingerprint density at radius 2 is 1.95 bits per heavy atom. The Kier molecular flexibility index (Phi) is 4.36. The van der Waals surface area contributed by atoms with Gasteiger partial charge >= 0.3 is 5.97 Å². The monoisotopic (exact) mass is 277 g/mol. The van der Waals surface area contributed by atoms with E-state index < -0.39 is 5.97 Å². The van der Waals surface area contributed by atoms with Crippen LogP contribution in [0.25, 0.3) is 0 Å². The SMILES string of the molecule is COc1ccc(COC(=O)c2ccc(Cl)nc2)cc1. The minimum absolute atomic E-state index is 0.200. The van der Waals surface area contributed by atoms with Crippen LogP contribution in [0, 0.1) is 0 Å². The summed E-state index contributed by atoms with van der Waals surface area (Å²) in [7, 11) is 1.60. The Labute approximate surface area is 115 Å². The third-order valence-electron chi connectivity index (χ3n) is 2.49. The summed E-state index contributed by atoms with van der Waals surface area (Å²) in [6.45, 7) is 0.200. The number of halogens is 1. The number of carbonyl (C=O) groups excluding carboxylic acids is 1. The number of ether oxygens (including phenoxy) is 2. The first kappa shape index (κ1) is 13.4. The maximum absolute atomic E-state index is 11.7. The molecule has 0 aliphatic carbocycles. The average molecular weight is 278 g/mol. The van der Waals surface area contributed by atoms with Crippen molar-refractivity contribution in [1.82, 2.24) is 4.98 Å². The highest BCUT2D eigenvalue weighted by Gasteiger charge is 2.07. The second kappa shape index (κ2) is 6.20. The van der Waals surface area contributed by atoms with Gasteiger partial charge in [-0.05, 0) is 29.8 Å². The summed E-state index contributed by atoms with van der Waals surface area (Å²) in [4.78, 5) is 15.5. The predicted octanol–water partition coefficient (Wildman–Crippen LogP) is 3.10. The van der Waals surface area contributed by atoms with Crippen molar-refractivity contribution in [2.75, 3.05) is 7.11 Å². The minimum Gasteiger partial charge on any atom is -0.497 e. The van der Waals surface area contributed by atoms with Crippen molar-refractivity contribution in [2.45, 2.75) is 6.61 Å². The zero-order valence-electron chi connectivity index (χ0n) is 10.3. The summed E-state index contributed by atoms with van der Waals surface area (Å²) in [5, 5.41) is 0.340. The van der Waals surface area contributed by atoms with E-state index in [0.717, 1.165) is 11.3 Å². The van der Waals surface area contributed by atoms with E-state index in [1.54, 1.807) is 19.2 Å². The first-order valence-electron chi connectivity index (χ1n) is 5.60. The van der Waals surface area contributed by atoms with Crippen LogP contribution in [0.15, 0.2) is 42.6 Å². The van der Waals surface area contributed by atoms with Gasteiger partial charge in [-0.25, -0.2) is 9.78 Å². The fourth-order valence-electron chi connectivity index (χ4n) is 1.45. The highest BCUT2D eigenvalue weighted by molar-refractivity contribution is 6.29. The summed E-state index contributed by atoms with van der Waals surface area (Å²) in [5.74, 6) is 0.331. The van der Waals surface area contributed by atoms with Crippen LogP contribution in [0.3, 0.4) is 0 Å². The van der Waals surface area contributed by atoms with E-state index in [1.807, 2.05) is 24.3 Å². The van der Waals surface area contributed by atoms with E-state index in [0.29, 0.717) is 10.7 Å². The summed E-state index contributed by atoms with van der Waals surface area (Å²) in [6.07, 6.45) is 1.39. The number of carbonyl (C=O) groups is 1. The third-order valence-corrected chi connectivity index (χ3v) is 2.72. The number of aromatic nitrogens is 1. The number of rotatable bonds is 4. The van der Waals surface area contributed by atoms with Crippen LogP contribution >= 0.6 is 11.6 Å². The van der Waals surface area contributed by atoms with Gasteiger partial charge in [0.15, 0.2) is 0 Å². The molecular weight excluding hydrogens is 266 g/mol. The first-order valence-corrected chi connectivity index (χ1v) is 5.98. The lowest BCUT2D eigenvalue weighted by atomic mass is 10.2. The van der Waals surface area contributed by atoms with Crippen LogP contribution in [-0.4, -0.2) is 18.1 Å². The zero-order valence-corrected chi connectivity index (χ0v) is 11.1. The topological polar surface area (TPSA) is 48.4 Å². The van der Waals surface area contributed by atoms with Crippen molar-refractivity contribution in [3.63, 3.8) is 0 Å². The molecule has 0 amide bonds. The molecule has 1 aromatic carbocycles. The van der Waals surface area contributed by atoms with Gasteiger partial charge in [0, 0.05) is 6.20 Å². The Morgan fingerprint density at radius 3 is 2.53 bits per heavy atom. The van der Waals surface area contributed by atoms with Gasteiger partial charge in [0.1, 0.15) is 17.5 Å². The number of hydrogen-bond acceptors (Lipinski definition) is 4. The van der Waals surface area contributed by atoms with Gasteiger partial charge < -0.3 is 9.47 Å². The van der Waals surface area contributed by atoms with Crippen LogP contribution < -0.4 is 4.74 Å². The van der Waals surface area contributed by atoms with Crippen molar-refractivity contribution < 1.29 is 14.3 Å². The molecule has 1 heterocycles. The Balaban J connectivity index is 1.94. The molecule has 0 saturated carbocycles. The van der Waals surface area contributed by atoms with E-state index in [9.17, 15) is 4.79 Å². The number of esters is 1. The molecule has 0 aliphatic heterocycles. The van der Waals surface area contributed by atoms with Gasteiger partial charge in [0.2, 0.25) is 0 Å². The van der Waals surface area contributed by atoms with Gasteiger partial charge in [0.25, 0.3) is 0 Å². The molecule has 0 unspecified atom stereocenters. The van der Waals surface area contributed by atoms with Crippen molar-refractivity contribution in [3.8, 4) is 5.75 Å². The lowest BCUT2D eigenvalue weighted by Gasteiger charge is -2.05. The van der Waals surface area contributed by atoms with Crippen molar-refractivity contribution >= 4 is 17.6 Å². The maximum atomic E-state index is 11.7. The Hall–Kier alpha value is -2.07. The highest BCUT2D eigenvalue weighted by atomic mass is 35.5. The smallest absolute Gasteiger partial charge is 0.340 e. The van der Waals surface area contributed by atoms with Gasteiger partial charge in [0.05, 0.1) is 12.7 Å². The lowest BCUT2D eigenvalue weighted by Crippen LogP contribution is -2.05. The molecule has 2 aromatic rings. The first-order chi connectivity index (χ1) is 9.19. The van der Waals surface area contributed by atoms with Gasteiger partial charge in [-0.2, -0.15) is 0 Å². The number of hydrogen-bond donors (Lipinski definition) is 0. The molecule has 0 aliphatic rings. The largest absolute Gasteiger partial charge is 0.497 e. The fourth-order valence-corrected chi connectivity index (χ4v) is 1.56. The van der Waals surface area contributed by atoms with E-state index in [1.165, 1.54) is 6.20 Å². The average Bonchev–Trinajstić information content (AvgIpc) is 2.46. The Bertz CT molecular complexity index is 552. The molecule has 2 rings (SSSR count). The maximum Gasteiger partial charge on any atom is 0.340 e. The van der Waals surface area contributed by atoms with Crippen LogP contribution in [0.5, 0.6) is 5.75 Å². The molecule has 98 valence electrons. The van der Waals surface area contributed by atoms with Crippen molar-refractivity contribution in [2.24, 2.45) is 0 Å². The number of methoxy groups -OCH3 is 1. The van der Waals surface area contributed by atoms with Crippen LogP contribution in [0.2, 0.25) is 5.15 Å². The molecule has 0 radical (unpaired) electrons. The molecule has 0 saturated heterocycles. The van der Waals surface area contributed by atoms with Gasteiger partial charge in [-0.15, -0.1) is 0 Å². The highest BCUT2D eigenvalue weighted by Crippen LogP contribution is 2.13. The zero-order chi connectivity index (χ0) is 13.7. The van der Waals surface area contributed by atoms with E-state index >= 15 is 0 Å². The van der Waals surface area contributed by atoms with Crippen molar-refractivity contribution in [1.29, 1.82) is 0 Å². The summed E-state index contributed by atoms with van der Waals surface area (Å²) in [5.41, 5.74) is 1.26. The third kappa shape index (κ3) is 3.69. The van der Waals surface area contributed by atoms with Crippen molar-refractivity contribution in [3.05, 3.63) is 58.9 Å².